The maximum atomic E-state index is 13.9. The number of aliphatic hydroxyl groups is 1. The summed E-state index contributed by atoms with van der Waals surface area (Å²) in [6.07, 6.45) is -3.83. The predicted octanol–water partition coefficient (Wildman–Crippen LogP) is 5.09. The van der Waals surface area contributed by atoms with E-state index in [-0.39, 0.29) is 43.2 Å². The van der Waals surface area contributed by atoms with E-state index in [2.05, 4.69) is 0 Å². The van der Waals surface area contributed by atoms with Crippen molar-refractivity contribution in [2.24, 2.45) is 5.73 Å². The molecular formula is C21H24ClF4NO4P+. The van der Waals surface area contributed by atoms with Crippen molar-refractivity contribution in [1.82, 2.24) is 0 Å². The number of ether oxygens (including phenoxy) is 1. The first-order valence-electron chi connectivity index (χ1n) is 9.74. The molecule has 0 spiro atoms. The van der Waals surface area contributed by atoms with Gasteiger partial charge in [0, 0.05) is 0 Å². The van der Waals surface area contributed by atoms with Crippen LogP contribution < -0.4 is 10.5 Å². The van der Waals surface area contributed by atoms with Gasteiger partial charge in [0.2, 0.25) is 0 Å². The number of benzene rings is 2. The van der Waals surface area contributed by atoms with Crippen LogP contribution in [0.15, 0.2) is 36.4 Å². The van der Waals surface area contributed by atoms with Crippen molar-refractivity contribution < 1.29 is 36.5 Å². The zero-order chi connectivity index (χ0) is 23.8. The quantitative estimate of drug-likeness (QED) is 0.243. The predicted molar refractivity (Wildman–Crippen MR) is 114 cm³/mol. The molecule has 0 heterocycles. The van der Waals surface area contributed by atoms with Crippen LogP contribution in [0.1, 0.15) is 29.5 Å². The van der Waals surface area contributed by atoms with Crippen LogP contribution >= 0.6 is 20.3 Å². The maximum absolute atomic E-state index is 13.9. The lowest BCUT2D eigenvalue weighted by Gasteiger charge is -2.24. The Kier molecular flexibility index (Phi) is 9.85. The third kappa shape index (κ3) is 7.67. The average molecular weight is 497 g/mol. The first-order chi connectivity index (χ1) is 15.1. The molecule has 2 aromatic rings. The zero-order valence-electron chi connectivity index (χ0n) is 17.1. The lowest BCUT2D eigenvalue weighted by molar-refractivity contribution is -0.139. The van der Waals surface area contributed by atoms with E-state index in [4.69, 9.17) is 26.6 Å². The third-order valence-corrected chi connectivity index (χ3v) is 5.43. The van der Waals surface area contributed by atoms with Crippen LogP contribution in [-0.2, 0) is 28.1 Å². The third-order valence-electron chi connectivity index (χ3n) is 4.87. The number of hydrogen-bond acceptors (Lipinski definition) is 5. The number of aliphatic hydroxyl groups excluding tert-OH is 1. The van der Waals surface area contributed by atoms with Crippen molar-refractivity contribution in [2.45, 2.75) is 37.4 Å². The number of alkyl halides is 3. The van der Waals surface area contributed by atoms with Crippen LogP contribution in [0, 0.1) is 5.82 Å². The van der Waals surface area contributed by atoms with Crippen LogP contribution in [-0.4, -0.2) is 30.5 Å². The summed E-state index contributed by atoms with van der Waals surface area (Å²) in [6.45, 7) is -0.706. The molecule has 0 fully saturated rings. The molecule has 176 valence electrons. The molecule has 0 aromatic heterocycles. The van der Waals surface area contributed by atoms with E-state index in [0.717, 1.165) is 6.07 Å². The molecule has 11 heteroatoms. The summed E-state index contributed by atoms with van der Waals surface area (Å²) in [5.74, 6) is -0.876. The van der Waals surface area contributed by atoms with Crippen LogP contribution in [0.4, 0.5) is 17.6 Å². The number of halogens is 5. The van der Waals surface area contributed by atoms with Gasteiger partial charge in [-0.1, -0.05) is 29.8 Å². The molecule has 5 nitrogen and oxygen atoms in total. The molecule has 0 aliphatic carbocycles. The lowest BCUT2D eigenvalue weighted by atomic mass is 9.93. The summed E-state index contributed by atoms with van der Waals surface area (Å²) in [6, 6.07) is 8.26. The van der Waals surface area contributed by atoms with Crippen molar-refractivity contribution in [3.05, 3.63) is 63.9 Å². The van der Waals surface area contributed by atoms with Gasteiger partial charge < -0.3 is 15.6 Å². The van der Waals surface area contributed by atoms with E-state index in [1.165, 1.54) is 18.2 Å². The fourth-order valence-electron chi connectivity index (χ4n) is 3.03. The fraction of sp³-hybridized carbons (Fsp3) is 0.429. The van der Waals surface area contributed by atoms with Gasteiger partial charge >= 0.3 is 14.9 Å². The van der Waals surface area contributed by atoms with Crippen molar-refractivity contribution >= 4 is 20.3 Å². The summed E-state index contributed by atoms with van der Waals surface area (Å²) in [7, 11) is -1.05. The topological polar surface area (TPSA) is 81.8 Å². The Morgan fingerprint density at radius 2 is 1.91 bits per heavy atom. The van der Waals surface area contributed by atoms with Crippen molar-refractivity contribution in [1.29, 1.82) is 0 Å². The molecule has 0 saturated carbocycles. The standard InChI is InChI=1S/C21H24ClF4NO4P/c22-17-5-1-3-15(19(17)23)4-2-10-30-18-7-6-14(11-16(18)21(24,25)26)8-9-20(27,12-28)13-31-32-29/h1,3,5-7,11,28,32H,2,4,8-10,12-13,27H2/q+1. The van der Waals surface area contributed by atoms with Gasteiger partial charge in [-0.25, -0.2) is 4.39 Å². The van der Waals surface area contributed by atoms with E-state index < -0.39 is 38.4 Å². The number of rotatable bonds is 12. The van der Waals surface area contributed by atoms with Gasteiger partial charge in [-0.15, -0.1) is 4.52 Å². The van der Waals surface area contributed by atoms with Gasteiger partial charge in [0.1, 0.15) is 18.2 Å². The molecule has 2 aromatic carbocycles. The first-order valence-corrected chi connectivity index (χ1v) is 10.9. The molecular weight excluding hydrogens is 473 g/mol. The molecule has 0 aliphatic heterocycles. The number of nitrogens with two attached hydrogens (primary N) is 1. The first kappa shape index (κ1) is 26.5. The minimum Gasteiger partial charge on any atom is -0.493 e. The molecule has 2 rings (SSSR count). The Bertz CT molecular complexity index is 916. The van der Waals surface area contributed by atoms with Gasteiger partial charge in [0.15, 0.2) is 0 Å². The molecule has 0 amide bonds. The molecule has 0 bridgehead atoms. The summed E-state index contributed by atoms with van der Waals surface area (Å²) >= 11 is 5.72. The minimum atomic E-state index is -4.64. The summed E-state index contributed by atoms with van der Waals surface area (Å²) < 4.78 is 75.1. The molecule has 3 N–H and O–H groups in total. The van der Waals surface area contributed by atoms with E-state index in [0.29, 0.717) is 17.5 Å². The Hall–Kier alpha value is -1.77. The molecule has 0 saturated heterocycles. The number of aryl methyl sites for hydroxylation is 2. The maximum Gasteiger partial charge on any atom is 0.494 e. The Morgan fingerprint density at radius 3 is 2.56 bits per heavy atom. The molecule has 32 heavy (non-hydrogen) atoms. The van der Waals surface area contributed by atoms with Crippen molar-refractivity contribution in [3.8, 4) is 5.75 Å². The Labute approximate surface area is 189 Å². The van der Waals surface area contributed by atoms with Crippen molar-refractivity contribution in [2.75, 3.05) is 19.8 Å². The smallest absolute Gasteiger partial charge is 0.493 e. The largest absolute Gasteiger partial charge is 0.494 e. The second kappa shape index (κ2) is 11.9. The SMILES string of the molecule is NC(CO)(CCc1ccc(OCCCc2cccc(Cl)c2F)c(C(F)(F)F)c1)CO[PH+]=O. The monoisotopic (exact) mass is 496 g/mol. The van der Waals surface area contributed by atoms with Gasteiger partial charge in [-0.05, 0) is 59.6 Å². The van der Waals surface area contributed by atoms with Crippen LogP contribution in [0.5, 0.6) is 5.75 Å². The Morgan fingerprint density at radius 1 is 1.16 bits per heavy atom. The highest BCUT2D eigenvalue weighted by Gasteiger charge is 2.35. The van der Waals surface area contributed by atoms with E-state index in [1.54, 1.807) is 12.1 Å². The highest BCUT2D eigenvalue weighted by atomic mass is 35.5. The van der Waals surface area contributed by atoms with Gasteiger partial charge in [0.05, 0.1) is 29.3 Å². The Balaban J connectivity index is 2.03. The normalized spacial score (nSPS) is 13.8. The number of hydrogen-bond donors (Lipinski definition) is 2. The highest BCUT2D eigenvalue weighted by Crippen LogP contribution is 2.37. The van der Waals surface area contributed by atoms with Crippen LogP contribution in [0.2, 0.25) is 5.02 Å². The second-order valence-electron chi connectivity index (χ2n) is 7.39. The molecule has 0 aliphatic rings. The van der Waals surface area contributed by atoms with E-state index in [1.807, 2.05) is 0 Å². The lowest BCUT2D eigenvalue weighted by Crippen LogP contribution is -2.47. The molecule has 2 unspecified atom stereocenters. The summed E-state index contributed by atoms with van der Waals surface area (Å²) in [4.78, 5) is 0. The molecule has 0 radical (unpaired) electrons. The van der Waals surface area contributed by atoms with Crippen molar-refractivity contribution in [3.63, 3.8) is 0 Å². The van der Waals surface area contributed by atoms with E-state index in [9.17, 15) is 27.2 Å². The minimum absolute atomic E-state index is 0.0129. The summed E-state index contributed by atoms with van der Waals surface area (Å²) in [5, 5.41) is 9.41. The van der Waals surface area contributed by atoms with E-state index >= 15 is 0 Å². The zero-order valence-corrected chi connectivity index (χ0v) is 18.8. The van der Waals surface area contributed by atoms with Crippen LogP contribution in [0.3, 0.4) is 0 Å². The van der Waals surface area contributed by atoms with Crippen LogP contribution in [0.25, 0.3) is 0 Å². The summed E-state index contributed by atoms with van der Waals surface area (Å²) in [5.41, 5.74) is 4.49. The fourth-order valence-corrected chi connectivity index (χ4v) is 3.57. The molecule has 2 atom stereocenters. The van der Waals surface area contributed by atoms with Gasteiger partial charge in [-0.2, -0.15) is 13.2 Å². The van der Waals surface area contributed by atoms with Gasteiger partial charge in [0.25, 0.3) is 0 Å². The van der Waals surface area contributed by atoms with Gasteiger partial charge in [-0.3, -0.25) is 0 Å². The highest BCUT2D eigenvalue weighted by molar-refractivity contribution is 7.17. The average Bonchev–Trinajstić information content (AvgIpc) is 2.76. The second-order valence-corrected chi connectivity index (χ2v) is 8.25.